The van der Waals surface area contributed by atoms with Gasteiger partial charge in [0.25, 0.3) is 0 Å². The Morgan fingerprint density at radius 1 is 1.35 bits per heavy atom. The fourth-order valence-corrected chi connectivity index (χ4v) is 4.39. The van der Waals surface area contributed by atoms with Gasteiger partial charge in [-0.25, -0.2) is 8.42 Å². The summed E-state index contributed by atoms with van der Waals surface area (Å²) in [5.41, 5.74) is 7.28. The van der Waals surface area contributed by atoms with Crippen LogP contribution in [0.2, 0.25) is 0 Å². The monoisotopic (exact) mass is 296 g/mol. The first kappa shape index (κ1) is 14.8. The van der Waals surface area contributed by atoms with Crippen LogP contribution in [0.4, 0.5) is 5.69 Å². The molecule has 1 aromatic rings. The normalized spacial score (nSPS) is 21.4. The lowest BCUT2D eigenvalue weighted by atomic mass is 10.1. The van der Waals surface area contributed by atoms with Crippen LogP contribution in [0.15, 0.2) is 24.3 Å². The van der Waals surface area contributed by atoms with Crippen LogP contribution >= 0.6 is 0 Å². The second-order valence-corrected chi connectivity index (χ2v) is 7.55. The highest BCUT2D eigenvalue weighted by atomic mass is 32.2. The van der Waals surface area contributed by atoms with Gasteiger partial charge in [0, 0.05) is 19.3 Å². The zero-order chi connectivity index (χ0) is 14.8. The summed E-state index contributed by atoms with van der Waals surface area (Å²) in [4.78, 5) is 13.8. The van der Waals surface area contributed by atoms with Gasteiger partial charge in [0.1, 0.15) is 5.25 Å². The van der Waals surface area contributed by atoms with Crippen molar-refractivity contribution >= 4 is 21.4 Å². The quantitative estimate of drug-likeness (QED) is 0.850. The number of hydrogen-bond acceptors (Lipinski definition) is 4. The number of nitrogens with zero attached hydrogens (tertiary/aromatic N) is 1. The average Bonchev–Trinajstić information content (AvgIpc) is 2.40. The fraction of sp³-hybridized carbons (Fsp3) is 0.500. The average molecular weight is 296 g/mol. The Morgan fingerprint density at radius 3 is 2.70 bits per heavy atom. The number of carbonyl (C=O) groups excluding carboxylic acids is 1. The molecule has 1 amide bonds. The van der Waals surface area contributed by atoms with Crippen molar-refractivity contribution in [1.29, 1.82) is 0 Å². The summed E-state index contributed by atoms with van der Waals surface area (Å²) >= 11 is 0. The number of para-hydroxylation sites is 1. The van der Waals surface area contributed by atoms with Crippen molar-refractivity contribution in [2.24, 2.45) is 0 Å². The van der Waals surface area contributed by atoms with E-state index in [1.165, 1.54) is 4.90 Å². The molecule has 0 saturated carbocycles. The van der Waals surface area contributed by atoms with Gasteiger partial charge in [0.2, 0.25) is 5.91 Å². The first-order valence-electron chi connectivity index (χ1n) is 6.72. The molecule has 1 heterocycles. The molecule has 2 rings (SSSR count). The third-order valence-electron chi connectivity index (χ3n) is 3.69. The Morgan fingerprint density at radius 2 is 2.05 bits per heavy atom. The number of rotatable bonds is 3. The van der Waals surface area contributed by atoms with E-state index in [0.717, 1.165) is 12.0 Å². The maximum absolute atomic E-state index is 12.3. The van der Waals surface area contributed by atoms with E-state index in [1.54, 1.807) is 13.1 Å². The molecule has 110 valence electrons. The molecular formula is C14H20N2O3S. The number of anilines is 1. The highest BCUT2D eigenvalue weighted by Gasteiger charge is 2.36. The van der Waals surface area contributed by atoms with Gasteiger partial charge in [-0.3, -0.25) is 4.79 Å². The second kappa shape index (κ2) is 5.83. The lowest BCUT2D eigenvalue weighted by molar-refractivity contribution is -0.130. The van der Waals surface area contributed by atoms with Crippen molar-refractivity contribution in [2.75, 3.05) is 18.5 Å². The molecule has 0 spiro atoms. The van der Waals surface area contributed by atoms with Crippen molar-refractivity contribution < 1.29 is 13.2 Å². The van der Waals surface area contributed by atoms with Crippen LogP contribution in [0, 0.1) is 0 Å². The summed E-state index contributed by atoms with van der Waals surface area (Å²) < 4.78 is 23.9. The molecular weight excluding hydrogens is 276 g/mol. The van der Waals surface area contributed by atoms with Crippen molar-refractivity contribution in [3.63, 3.8) is 0 Å². The lowest BCUT2D eigenvalue weighted by Crippen LogP contribution is -2.43. The van der Waals surface area contributed by atoms with Crippen molar-refractivity contribution in [3.8, 4) is 0 Å². The molecule has 0 radical (unpaired) electrons. The third-order valence-corrected chi connectivity index (χ3v) is 5.85. The summed E-state index contributed by atoms with van der Waals surface area (Å²) in [6, 6.07) is 7.28. The molecule has 5 nitrogen and oxygen atoms in total. The van der Waals surface area contributed by atoms with Crippen LogP contribution in [0.25, 0.3) is 0 Å². The molecule has 1 fully saturated rings. The van der Waals surface area contributed by atoms with Gasteiger partial charge in [0.15, 0.2) is 9.84 Å². The van der Waals surface area contributed by atoms with Crippen molar-refractivity contribution in [2.45, 2.75) is 31.1 Å². The molecule has 6 heteroatoms. The zero-order valence-corrected chi connectivity index (χ0v) is 12.4. The number of nitrogen functional groups attached to an aromatic ring is 1. The molecule has 1 unspecified atom stereocenters. The SMILES string of the molecule is CN(Cc1ccccc1N)C(=O)C1CCCCS1(=O)=O. The molecule has 20 heavy (non-hydrogen) atoms. The van der Waals surface area contributed by atoms with Gasteiger partial charge in [-0.2, -0.15) is 0 Å². The van der Waals surface area contributed by atoms with E-state index < -0.39 is 15.1 Å². The number of sulfone groups is 1. The van der Waals surface area contributed by atoms with E-state index in [2.05, 4.69) is 0 Å². The standard InChI is InChI=1S/C14H20N2O3S/c1-16(10-11-6-2-3-7-12(11)15)14(17)13-8-4-5-9-20(13,18)19/h2-3,6-7,13H,4-5,8-10,15H2,1H3. The molecule has 1 saturated heterocycles. The molecule has 0 bridgehead atoms. The van der Waals surface area contributed by atoms with Crippen LogP contribution < -0.4 is 5.73 Å². The van der Waals surface area contributed by atoms with E-state index in [0.29, 0.717) is 25.1 Å². The predicted molar refractivity (Wildman–Crippen MR) is 78.8 cm³/mol. The number of nitrogens with two attached hydrogens (primary N) is 1. The van der Waals surface area contributed by atoms with Crippen LogP contribution in [-0.4, -0.2) is 37.3 Å². The number of carbonyl (C=O) groups is 1. The summed E-state index contributed by atoms with van der Waals surface area (Å²) in [5.74, 6) is -0.210. The van der Waals surface area contributed by atoms with E-state index in [9.17, 15) is 13.2 Å². The minimum absolute atomic E-state index is 0.116. The van der Waals surface area contributed by atoms with Crippen molar-refractivity contribution in [3.05, 3.63) is 29.8 Å². The van der Waals surface area contributed by atoms with E-state index in [4.69, 9.17) is 5.73 Å². The molecule has 0 aromatic heterocycles. The molecule has 1 atom stereocenters. The summed E-state index contributed by atoms with van der Waals surface area (Å²) in [5, 5.41) is -0.883. The minimum Gasteiger partial charge on any atom is -0.398 e. The molecule has 1 aromatic carbocycles. The topological polar surface area (TPSA) is 80.5 Å². The van der Waals surface area contributed by atoms with Gasteiger partial charge in [-0.1, -0.05) is 24.6 Å². The van der Waals surface area contributed by atoms with Gasteiger partial charge in [-0.15, -0.1) is 0 Å². The van der Waals surface area contributed by atoms with Crippen LogP contribution in [0.5, 0.6) is 0 Å². The largest absolute Gasteiger partial charge is 0.398 e. The molecule has 2 N–H and O–H groups in total. The van der Waals surface area contributed by atoms with Gasteiger partial charge in [-0.05, 0) is 24.5 Å². The summed E-state index contributed by atoms with van der Waals surface area (Å²) in [7, 11) is -1.67. The number of benzene rings is 1. The first-order chi connectivity index (χ1) is 9.42. The van der Waals surface area contributed by atoms with Gasteiger partial charge >= 0.3 is 0 Å². The van der Waals surface area contributed by atoms with Crippen molar-refractivity contribution in [1.82, 2.24) is 4.90 Å². The Labute approximate surface area is 119 Å². The Balaban J connectivity index is 2.11. The van der Waals surface area contributed by atoms with E-state index in [1.807, 2.05) is 18.2 Å². The molecule has 1 aliphatic heterocycles. The third kappa shape index (κ3) is 3.12. The number of hydrogen-bond donors (Lipinski definition) is 1. The Hall–Kier alpha value is -1.56. The summed E-state index contributed by atoms with van der Waals surface area (Å²) in [6.07, 6.45) is 1.87. The fourth-order valence-electron chi connectivity index (χ4n) is 2.49. The predicted octanol–water partition coefficient (Wildman–Crippen LogP) is 1.19. The molecule has 0 aliphatic carbocycles. The molecule has 1 aliphatic rings. The van der Waals surface area contributed by atoms with Gasteiger partial charge < -0.3 is 10.6 Å². The Kier molecular flexibility index (Phi) is 4.32. The van der Waals surface area contributed by atoms with Crippen LogP contribution in [0.1, 0.15) is 24.8 Å². The van der Waals surface area contributed by atoms with E-state index in [-0.39, 0.29) is 11.7 Å². The maximum atomic E-state index is 12.3. The van der Waals surface area contributed by atoms with Crippen LogP contribution in [0.3, 0.4) is 0 Å². The smallest absolute Gasteiger partial charge is 0.240 e. The van der Waals surface area contributed by atoms with E-state index >= 15 is 0 Å². The highest BCUT2D eigenvalue weighted by molar-refractivity contribution is 7.92. The zero-order valence-electron chi connectivity index (χ0n) is 11.6. The van der Waals surface area contributed by atoms with Gasteiger partial charge in [0.05, 0.1) is 5.75 Å². The summed E-state index contributed by atoms with van der Waals surface area (Å²) in [6.45, 7) is 0.331. The second-order valence-electron chi connectivity index (χ2n) is 5.24. The first-order valence-corrected chi connectivity index (χ1v) is 8.43. The lowest BCUT2D eigenvalue weighted by Gasteiger charge is -2.26. The maximum Gasteiger partial charge on any atom is 0.240 e. The highest BCUT2D eigenvalue weighted by Crippen LogP contribution is 2.22. The Bertz CT molecular complexity index is 598. The van der Waals surface area contributed by atoms with Crippen LogP contribution in [-0.2, 0) is 21.2 Å². The number of amides is 1. The minimum atomic E-state index is -3.29.